The van der Waals surface area contributed by atoms with Crippen molar-refractivity contribution in [3.05, 3.63) is 47.0 Å². The number of nitrogens with one attached hydrogen (secondary N) is 1. The Morgan fingerprint density at radius 1 is 0.971 bits per heavy atom. The maximum atomic E-state index is 4.90. The molecule has 2 aliphatic heterocycles. The highest BCUT2D eigenvalue weighted by atomic mass is 15.2. The molecular weight excluding hydrogens is 416 g/mol. The van der Waals surface area contributed by atoms with Crippen LogP contribution in [0.1, 0.15) is 68.1 Å². The zero-order chi connectivity index (χ0) is 22.9. The molecule has 4 heteroatoms. The molecule has 6 rings (SSSR count). The fourth-order valence-electron chi connectivity index (χ4n) is 6.74. The third kappa shape index (κ3) is 4.44. The highest BCUT2D eigenvalue weighted by Gasteiger charge is 2.26. The van der Waals surface area contributed by atoms with Crippen LogP contribution in [0.25, 0.3) is 0 Å². The number of hydrogen-bond acceptors (Lipinski definition) is 4. The van der Waals surface area contributed by atoms with E-state index in [1.165, 1.54) is 112 Å². The van der Waals surface area contributed by atoms with E-state index in [1.54, 1.807) is 11.1 Å². The van der Waals surface area contributed by atoms with Crippen molar-refractivity contribution in [1.82, 2.24) is 0 Å². The van der Waals surface area contributed by atoms with E-state index in [9.17, 15) is 0 Å². The van der Waals surface area contributed by atoms with E-state index in [0.29, 0.717) is 6.04 Å². The van der Waals surface area contributed by atoms with Gasteiger partial charge in [-0.1, -0.05) is 12.1 Å². The van der Waals surface area contributed by atoms with Crippen molar-refractivity contribution in [2.75, 3.05) is 41.8 Å². The second-order valence-electron chi connectivity index (χ2n) is 11.1. The van der Waals surface area contributed by atoms with Crippen LogP contribution in [-0.4, -0.2) is 38.9 Å². The Bertz CT molecular complexity index is 1040. The second kappa shape index (κ2) is 9.64. The van der Waals surface area contributed by atoms with E-state index in [1.807, 2.05) is 0 Å². The normalized spacial score (nSPS) is 24.1. The van der Waals surface area contributed by atoms with Crippen molar-refractivity contribution in [2.24, 2.45) is 10.9 Å². The van der Waals surface area contributed by atoms with Crippen molar-refractivity contribution in [1.29, 1.82) is 0 Å². The first kappa shape index (κ1) is 22.0. The first-order chi connectivity index (χ1) is 16.7. The standard InChI is InChI=1S/C30H40N4/c1-33-18-15-31-30-24(20-26(21-29(30)33)34-16-3-2-4-17-34)19-22-11-13-25(14-12-22)32-28-10-6-8-23-7-5-9-27(23)28/h6,8,10,15,20-22,25,32H,2-5,7,9,11-14,16-19H2,1H3/t22-,25+. The van der Waals surface area contributed by atoms with Crippen LogP contribution in [-0.2, 0) is 19.3 Å². The number of aryl methyl sites for hydroxylation is 1. The van der Waals surface area contributed by atoms with Gasteiger partial charge in [0.15, 0.2) is 0 Å². The summed E-state index contributed by atoms with van der Waals surface area (Å²) in [5.41, 5.74) is 10.0. The number of anilines is 3. The molecule has 4 aliphatic rings. The maximum absolute atomic E-state index is 4.90. The minimum atomic E-state index is 0.626. The monoisotopic (exact) mass is 456 g/mol. The zero-order valence-corrected chi connectivity index (χ0v) is 20.9. The van der Waals surface area contributed by atoms with Crippen LogP contribution in [0.3, 0.4) is 0 Å². The van der Waals surface area contributed by atoms with Crippen molar-refractivity contribution in [3.8, 4) is 0 Å². The molecule has 34 heavy (non-hydrogen) atoms. The summed E-state index contributed by atoms with van der Waals surface area (Å²) >= 11 is 0. The van der Waals surface area contributed by atoms with E-state index < -0.39 is 0 Å². The second-order valence-corrected chi connectivity index (χ2v) is 11.1. The molecule has 2 aromatic rings. The lowest BCUT2D eigenvalue weighted by molar-refractivity contribution is 0.336. The Balaban J connectivity index is 1.15. The highest BCUT2D eigenvalue weighted by molar-refractivity contribution is 5.85. The molecule has 1 saturated heterocycles. The van der Waals surface area contributed by atoms with Gasteiger partial charge < -0.3 is 15.1 Å². The number of aliphatic imine (C=N–C) groups is 1. The molecule has 2 aliphatic carbocycles. The Morgan fingerprint density at radius 2 is 1.82 bits per heavy atom. The molecule has 0 aromatic heterocycles. The average molecular weight is 457 g/mol. The fourth-order valence-corrected chi connectivity index (χ4v) is 6.74. The summed E-state index contributed by atoms with van der Waals surface area (Å²) in [5.74, 6) is 0.766. The third-order valence-corrected chi connectivity index (χ3v) is 8.72. The van der Waals surface area contributed by atoms with Crippen LogP contribution in [0.5, 0.6) is 0 Å². The molecule has 2 fully saturated rings. The van der Waals surface area contributed by atoms with Crippen LogP contribution in [0.4, 0.5) is 22.7 Å². The lowest BCUT2D eigenvalue weighted by atomic mass is 9.81. The lowest BCUT2D eigenvalue weighted by Gasteiger charge is -2.34. The van der Waals surface area contributed by atoms with E-state index >= 15 is 0 Å². The molecule has 0 spiro atoms. The van der Waals surface area contributed by atoms with E-state index in [2.05, 4.69) is 58.7 Å². The summed E-state index contributed by atoms with van der Waals surface area (Å²) < 4.78 is 0. The Morgan fingerprint density at radius 3 is 2.68 bits per heavy atom. The number of benzene rings is 2. The minimum Gasteiger partial charge on any atom is -0.382 e. The SMILES string of the molecule is CN1CC=Nc2c(C[C@H]3CC[C@@H](Nc4cccc5c4CCC5)CC3)cc(N3CCCCC3)cc21. The van der Waals surface area contributed by atoms with Gasteiger partial charge in [0, 0.05) is 43.8 Å². The van der Waals surface area contributed by atoms with Crippen molar-refractivity contribution in [2.45, 2.75) is 76.7 Å². The Hall–Kier alpha value is -2.49. The number of hydrogen-bond donors (Lipinski definition) is 1. The molecule has 0 amide bonds. The van der Waals surface area contributed by atoms with Gasteiger partial charge in [-0.15, -0.1) is 0 Å². The number of nitrogens with zero attached hydrogens (tertiary/aromatic N) is 3. The van der Waals surface area contributed by atoms with Gasteiger partial charge in [0.05, 0.1) is 17.9 Å². The molecule has 0 atom stereocenters. The summed E-state index contributed by atoms with van der Waals surface area (Å²) in [6.45, 7) is 3.31. The van der Waals surface area contributed by atoms with E-state index in [0.717, 1.165) is 12.5 Å². The van der Waals surface area contributed by atoms with Crippen molar-refractivity contribution >= 4 is 29.0 Å². The maximum Gasteiger partial charge on any atom is 0.0893 e. The van der Waals surface area contributed by atoms with E-state index in [4.69, 9.17) is 4.99 Å². The highest BCUT2D eigenvalue weighted by Crippen LogP contribution is 2.41. The smallest absolute Gasteiger partial charge is 0.0893 e. The van der Waals surface area contributed by atoms with Gasteiger partial charge in [-0.3, -0.25) is 4.99 Å². The van der Waals surface area contributed by atoms with E-state index in [-0.39, 0.29) is 0 Å². The summed E-state index contributed by atoms with van der Waals surface area (Å²) in [6, 6.07) is 12.4. The largest absolute Gasteiger partial charge is 0.382 e. The number of piperidine rings is 1. The molecule has 2 aromatic carbocycles. The molecular formula is C30H40N4. The first-order valence-electron chi connectivity index (χ1n) is 13.8. The minimum absolute atomic E-state index is 0.626. The molecule has 1 saturated carbocycles. The zero-order valence-electron chi connectivity index (χ0n) is 20.9. The van der Waals surface area contributed by atoms with Crippen LogP contribution in [0.15, 0.2) is 35.3 Å². The molecule has 0 unspecified atom stereocenters. The average Bonchev–Trinajstić information content (AvgIpc) is 3.36. The Labute approximate surface area is 205 Å². The first-order valence-corrected chi connectivity index (χ1v) is 13.8. The molecule has 0 bridgehead atoms. The van der Waals surface area contributed by atoms with Crippen LogP contribution < -0.4 is 15.1 Å². The van der Waals surface area contributed by atoms with Crippen molar-refractivity contribution < 1.29 is 0 Å². The molecule has 1 N–H and O–H groups in total. The van der Waals surface area contributed by atoms with Gasteiger partial charge in [0.25, 0.3) is 0 Å². The number of rotatable bonds is 5. The lowest BCUT2D eigenvalue weighted by Crippen LogP contribution is -2.30. The van der Waals surface area contributed by atoms with Crippen LogP contribution in [0.2, 0.25) is 0 Å². The fraction of sp³-hybridized carbons (Fsp3) is 0.567. The quantitative estimate of drug-likeness (QED) is 0.555. The molecule has 4 nitrogen and oxygen atoms in total. The van der Waals surface area contributed by atoms with Crippen LogP contribution in [0, 0.1) is 5.92 Å². The summed E-state index contributed by atoms with van der Waals surface area (Å²) in [6.07, 6.45) is 16.3. The van der Waals surface area contributed by atoms with Gasteiger partial charge >= 0.3 is 0 Å². The molecule has 0 radical (unpaired) electrons. The number of fused-ring (bicyclic) bond motifs is 2. The van der Waals surface area contributed by atoms with Gasteiger partial charge in [-0.05, 0) is 111 Å². The molecule has 2 heterocycles. The summed E-state index contributed by atoms with van der Waals surface area (Å²) in [5, 5.41) is 3.94. The third-order valence-electron chi connectivity index (χ3n) is 8.72. The van der Waals surface area contributed by atoms with Gasteiger partial charge in [0.1, 0.15) is 0 Å². The summed E-state index contributed by atoms with van der Waals surface area (Å²) in [4.78, 5) is 9.88. The summed E-state index contributed by atoms with van der Waals surface area (Å²) in [7, 11) is 2.21. The van der Waals surface area contributed by atoms with Gasteiger partial charge in [-0.25, -0.2) is 0 Å². The predicted molar refractivity (Wildman–Crippen MR) is 145 cm³/mol. The van der Waals surface area contributed by atoms with Gasteiger partial charge in [-0.2, -0.15) is 0 Å². The topological polar surface area (TPSA) is 30.9 Å². The van der Waals surface area contributed by atoms with Gasteiger partial charge in [0.2, 0.25) is 0 Å². The molecule has 180 valence electrons. The van der Waals surface area contributed by atoms with Crippen LogP contribution >= 0.6 is 0 Å². The predicted octanol–water partition coefficient (Wildman–Crippen LogP) is 6.53. The Kier molecular flexibility index (Phi) is 6.24. The van der Waals surface area contributed by atoms with Crippen molar-refractivity contribution in [3.63, 3.8) is 0 Å².